The molecule has 3 heterocycles. The first-order valence-electron chi connectivity index (χ1n) is 11.4. The number of hydrogen-bond acceptors (Lipinski definition) is 5. The molecule has 1 aromatic heterocycles. The van der Waals surface area contributed by atoms with Crippen molar-refractivity contribution in [3.63, 3.8) is 0 Å². The number of aliphatic hydroxyl groups is 1. The summed E-state index contributed by atoms with van der Waals surface area (Å²) >= 11 is 0. The highest BCUT2D eigenvalue weighted by Gasteiger charge is 2.46. The molecular formula is C23H31N3O4. The molecule has 1 saturated heterocycles. The van der Waals surface area contributed by atoms with Crippen molar-refractivity contribution < 1.29 is 19.4 Å². The lowest BCUT2D eigenvalue weighted by atomic mass is 9.76. The van der Waals surface area contributed by atoms with Crippen LogP contribution >= 0.6 is 0 Å². The minimum absolute atomic E-state index is 0.0116. The largest absolute Gasteiger partial charge is 0.480 e. The van der Waals surface area contributed by atoms with E-state index < -0.39 is 0 Å². The number of hydrogen-bond donors (Lipinski definition) is 1. The van der Waals surface area contributed by atoms with E-state index in [-0.39, 0.29) is 29.4 Å². The van der Waals surface area contributed by atoms with Crippen LogP contribution in [0.25, 0.3) is 0 Å². The van der Waals surface area contributed by atoms with Crippen molar-refractivity contribution in [2.45, 2.75) is 76.5 Å². The molecule has 2 saturated carbocycles. The van der Waals surface area contributed by atoms with Gasteiger partial charge in [0.05, 0.1) is 31.0 Å². The SMILES string of the molecule is COc1nc2c(cc1C(=O)N1CCC[C@@]3(CCC[C@H]3O)C1)C(=O)N(C1CCCC1)C2. The fourth-order valence-electron chi connectivity index (χ4n) is 6.15. The zero-order valence-electron chi connectivity index (χ0n) is 17.7. The van der Waals surface area contributed by atoms with Crippen molar-refractivity contribution in [1.82, 2.24) is 14.8 Å². The van der Waals surface area contributed by atoms with E-state index in [9.17, 15) is 14.7 Å². The van der Waals surface area contributed by atoms with Gasteiger partial charge in [-0.1, -0.05) is 19.3 Å². The third-order valence-electron chi connectivity index (χ3n) is 7.82. The number of pyridine rings is 1. The van der Waals surface area contributed by atoms with Crippen LogP contribution in [-0.2, 0) is 6.54 Å². The second-order valence-electron chi connectivity index (χ2n) is 9.51. The molecule has 2 aliphatic carbocycles. The van der Waals surface area contributed by atoms with Gasteiger partial charge in [-0.3, -0.25) is 9.59 Å². The summed E-state index contributed by atoms with van der Waals surface area (Å²) < 4.78 is 5.48. The van der Waals surface area contributed by atoms with Crippen molar-refractivity contribution >= 4 is 11.8 Å². The number of amides is 2. The molecule has 5 rings (SSSR count). The maximum absolute atomic E-state index is 13.5. The Bertz CT molecular complexity index is 866. The minimum atomic E-state index is -0.338. The Kier molecular flexibility index (Phi) is 4.96. The molecule has 0 unspecified atom stereocenters. The smallest absolute Gasteiger partial charge is 0.259 e. The van der Waals surface area contributed by atoms with Gasteiger partial charge in [-0.25, -0.2) is 4.98 Å². The molecule has 0 radical (unpaired) electrons. The summed E-state index contributed by atoms with van der Waals surface area (Å²) in [5.74, 6) is 0.140. The van der Waals surface area contributed by atoms with Crippen LogP contribution in [0.4, 0.5) is 0 Å². The Morgan fingerprint density at radius 2 is 1.97 bits per heavy atom. The Morgan fingerprint density at radius 3 is 2.67 bits per heavy atom. The van der Waals surface area contributed by atoms with E-state index in [2.05, 4.69) is 4.98 Å². The topological polar surface area (TPSA) is 83.0 Å². The number of likely N-dealkylation sites (tertiary alicyclic amines) is 1. The van der Waals surface area contributed by atoms with Crippen molar-refractivity contribution in [2.24, 2.45) is 5.41 Å². The Labute approximate surface area is 177 Å². The summed E-state index contributed by atoms with van der Waals surface area (Å²) in [4.78, 5) is 34.9. The monoisotopic (exact) mass is 413 g/mol. The average Bonchev–Trinajstić information content (AvgIpc) is 3.48. The molecule has 7 heteroatoms. The van der Waals surface area contributed by atoms with Gasteiger partial charge >= 0.3 is 0 Å². The Balaban J connectivity index is 1.42. The first-order chi connectivity index (χ1) is 14.5. The first kappa shape index (κ1) is 19.8. The van der Waals surface area contributed by atoms with E-state index >= 15 is 0 Å². The van der Waals surface area contributed by atoms with Crippen LogP contribution in [0.2, 0.25) is 0 Å². The van der Waals surface area contributed by atoms with E-state index in [1.165, 1.54) is 7.11 Å². The maximum Gasteiger partial charge on any atom is 0.259 e. The number of methoxy groups -OCH3 is 1. The van der Waals surface area contributed by atoms with Crippen LogP contribution in [0.1, 0.15) is 84.2 Å². The zero-order valence-corrected chi connectivity index (χ0v) is 17.7. The highest BCUT2D eigenvalue weighted by Crippen LogP contribution is 2.45. The van der Waals surface area contributed by atoms with E-state index in [1.807, 2.05) is 9.80 Å². The number of ether oxygens (including phenoxy) is 1. The number of aliphatic hydroxyl groups excluding tert-OH is 1. The van der Waals surface area contributed by atoms with Crippen molar-refractivity contribution in [3.05, 3.63) is 22.9 Å². The highest BCUT2D eigenvalue weighted by molar-refractivity contribution is 6.03. The number of carbonyl (C=O) groups is 2. The molecule has 2 aliphatic heterocycles. The molecule has 30 heavy (non-hydrogen) atoms. The predicted molar refractivity (Wildman–Crippen MR) is 110 cm³/mol. The van der Waals surface area contributed by atoms with Crippen LogP contribution < -0.4 is 4.74 Å². The third kappa shape index (κ3) is 3.09. The summed E-state index contributed by atoms with van der Waals surface area (Å²) in [6.45, 7) is 1.73. The molecule has 1 aromatic rings. The number of piperidine rings is 1. The van der Waals surface area contributed by atoms with Gasteiger partial charge in [0.15, 0.2) is 0 Å². The molecule has 0 aromatic carbocycles. The van der Waals surface area contributed by atoms with Crippen molar-refractivity contribution in [1.29, 1.82) is 0 Å². The lowest BCUT2D eigenvalue weighted by molar-refractivity contribution is -0.00546. The molecule has 2 atom stereocenters. The molecule has 4 aliphatic rings. The van der Waals surface area contributed by atoms with Crippen molar-refractivity contribution in [2.75, 3.05) is 20.2 Å². The van der Waals surface area contributed by atoms with Gasteiger partial charge in [0, 0.05) is 24.5 Å². The third-order valence-corrected chi connectivity index (χ3v) is 7.82. The van der Waals surface area contributed by atoms with Crippen LogP contribution in [0, 0.1) is 5.41 Å². The summed E-state index contributed by atoms with van der Waals surface area (Å²) in [6.07, 6.45) is 8.71. The molecule has 3 fully saturated rings. The molecular weight excluding hydrogens is 382 g/mol. The first-order valence-corrected chi connectivity index (χ1v) is 11.4. The van der Waals surface area contributed by atoms with Gasteiger partial charge in [0.1, 0.15) is 5.56 Å². The summed E-state index contributed by atoms with van der Waals surface area (Å²) in [6, 6.07) is 1.98. The van der Waals surface area contributed by atoms with Crippen molar-refractivity contribution in [3.8, 4) is 5.88 Å². The fraction of sp³-hybridized carbons (Fsp3) is 0.696. The molecule has 1 spiro atoms. The summed E-state index contributed by atoms with van der Waals surface area (Å²) in [5, 5.41) is 10.5. The second-order valence-corrected chi connectivity index (χ2v) is 9.51. The minimum Gasteiger partial charge on any atom is -0.480 e. The maximum atomic E-state index is 13.5. The Hall–Kier alpha value is -2.15. The number of nitrogens with zero attached hydrogens (tertiary/aromatic N) is 3. The molecule has 1 N–H and O–H groups in total. The molecule has 162 valence electrons. The predicted octanol–water partition coefficient (Wildman–Crippen LogP) is 2.76. The van der Waals surface area contributed by atoms with E-state index in [0.717, 1.165) is 57.8 Å². The number of carbonyl (C=O) groups excluding carboxylic acids is 2. The van der Waals surface area contributed by atoms with Crippen LogP contribution in [0.3, 0.4) is 0 Å². The number of rotatable bonds is 3. The van der Waals surface area contributed by atoms with E-state index in [4.69, 9.17) is 4.74 Å². The van der Waals surface area contributed by atoms with Crippen LogP contribution in [0.5, 0.6) is 5.88 Å². The average molecular weight is 414 g/mol. The van der Waals surface area contributed by atoms with Crippen LogP contribution in [-0.4, -0.2) is 64.0 Å². The van der Waals surface area contributed by atoms with Gasteiger partial charge in [-0.2, -0.15) is 0 Å². The summed E-state index contributed by atoms with van der Waals surface area (Å²) in [7, 11) is 1.52. The number of fused-ring (bicyclic) bond motifs is 1. The van der Waals surface area contributed by atoms with Gasteiger partial charge in [0.2, 0.25) is 5.88 Å². The van der Waals surface area contributed by atoms with E-state index in [0.29, 0.717) is 42.3 Å². The molecule has 2 amide bonds. The van der Waals surface area contributed by atoms with E-state index in [1.54, 1.807) is 6.07 Å². The highest BCUT2D eigenvalue weighted by atomic mass is 16.5. The van der Waals surface area contributed by atoms with Gasteiger partial charge in [-0.15, -0.1) is 0 Å². The van der Waals surface area contributed by atoms with Gasteiger partial charge < -0.3 is 19.6 Å². The van der Waals surface area contributed by atoms with Gasteiger partial charge in [-0.05, 0) is 44.6 Å². The standard InChI is InChI=1S/C23H31N3O4/c1-30-20-17(21(28)25-11-5-10-23(14-25)9-4-8-19(23)27)12-16-18(24-20)13-26(22(16)29)15-6-2-3-7-15/h12,15,19,27H,2-11,13-14H2,1H3/t19-,23+/m1/s1. The number of aromatic nitrogens is 1. The Morgan fingerprint density at radius 1 is 1.20 bits per heavy atom. The van der Waals surface area contributed by atoms with Crippen LogP contribution in [0.15, 0.2) is 6.07 Å². The quantitative estimate of drug-likeness (QED) is 0.824. The lowest BCUT2D eigenvalue weighted by Gasteiger charge is -2.42. The second kappa shape index (κ2) is 7.52. The lowest BCUT2D eigenvalue weighted by Crippen LogP contribution is -2.49. The summed E-state index contributed by atoms with van der Waals surface area (Å²) in [5.41, 5.74) is 1.43. The zero-order chi connectivity index (χ0) is 20.9. The fourth-order valence-corrected chi connectivity index (χ4v) is 6.15. The van der Waals surface area contributed by atoms with Gasteiger partial charge in [0.25, 0.3) is 11.8 Å². The molecule has 7 nitrogen and oxygen atoms in total. The molecule has 0 bridgehead atoms. The normalized spacial score (nSPS) is 29.1.